The Labute approximate surface area is 293 Å². The molecular formula is C46H79N. The van der Waals surface area contributed by atoms with Crippen LogP contribution in [0.2, 0.25) is 0 Å². The van der Waals surface area contributed by atoms with Crippen LogP contribution in [0.25, 0.3) is 0 Å². The number of nitrogens with zero attached hydrogens (tertiary/aromatic N) is 1. The van der Waals surface area contributed by atoms with Gasteiger partial charge in [-0.1, -0.05) is 109 Å². The Balaban J connectivity index is 1.10. The van der Waals surface area contributed by atoms with E-state index < -0.39 is 0 Å². The van der Waals surface area contributed by atoms with Gasteiger partial charge in [0.1, 0.15) is 0 Å². The third kappa shape index (κ3) is 8.78. The average Bonchev–Trinajstić information content (AvgIpc) is 3.13. The third-order valence-corrected chi connectivity index (χ3v) is 16.6. The van der Waals surface area contributed by atoms with Crippen LogP contribution in [0.5, 0.6) is 0 Å². The molecule has 0 bridgehead atoms. The highest BCUT2D eigenvalue weighted by Gasteiger charge is 2.48. The number of allylic oxidation sites excluding steroid dienone is 2. The molecule has 7 aliphatic rings. The fourth-order valence-corrected chi connectivity index (χ4v) is 14.0. The number of hydrogen-bond donors (Lipinski definition) is 0. The highest BCUT2D eigenvalue weighted by Crippen LogP contribution is 2.54. The Morgan fingerprint density at radius 3 is 1.51 bits per heavy atom. The van der Waals surface area contributed by atoms with Crippen LogP contribution in [0.15, 0.2) is 12.2 Å². The first kappa shape index (κ1) is 35.1. The second-order valence-electron chi connectivity index (χ2n) is 19.4. The predicted molar refractivity (Wildman–Crippen MR) is 202 cm³/mol. The second-order valence-corrected chi connectivity index (χ2v) is 19.4. The normalized spacial score (nSPS) is 43.8. The molecule has 7 atom stereocenters. The van der Waals surface area contributed by atoms with Gasteiger partial charge in [0.2, 0.25) is 0 Å². The fraction of sp³-hybridized carbons (Fsp3) is 0.957. The van der Waals surface area contributed by atoms with Crippen molar-refractivity contribution in [3.8, 4) is 0 Å². The second kappa shape index (κ2) is 17.3. The highest BCUT2D eigenvalue weighted by atomic mass is 15.2. The lowest BCUT2D eigenvalue weighted by Gasteiger charge is -2.55. The molecule has 0 aromatic heterocycles. The van der Waals surface area contributed by atoms with Gasteiger partial charge in [-0.15, -0.1) is 0 Å². The van der Waals surface area contributed by atoms with E-state index >= 15 is 0 Å². The molecule has 0 N–H and O–H groups in total. The molecule has 7 rings (SSSR count). The lowest BCUT2D eigenvalue weighted by molar-refractivity contribution is -0.0542. The van der Waals surface area contributed by atoms with E-state index in [4.69, 9.17) is 0 Å². The first-order valence-corrected chi connectivity index (χ1v) is 22.6. The van der Waals surface area contributed by atoms with E-state index in [0.717, 1.165) is 77.3 Å². The van der Waals surface area contributed by atoms with Crippen LogP contribution in [-0.4, -0.2) is 23.0 Å². The minimum Gasteiger partial charge on any atom is -0.294 e. The van der Waals surface area contributed by atoms with Crippen molar-refractivity contribution in [3.63, 3.8) is 0 Å². The van der Waals surface area contributed by atoms with Crippen LogP contribution in [0.1, 0.15) is 200 Å². The molecule has 7 aliphatic carbocycles. The van der Waals surface area contributed by atoms with Gasteiger partial charge < -0.3 is 0 Å². The molecule has 1 heteroatoms. The van der Waals surface area contributed by atoms with Crippen LogP contribution in [0.3, 0.4) is 0 Å². The molecule has 1 nitrogen and oxygen atoms in total. The summed E-state index contributed by atoms with van der Waals surface area (Å²) in [5.74, 6) is 10.0. The van der Waals surface area contributed by atoms with Crippen molar-refractivity contribution in [3.05, 3.63) is 12.2 Å². The van der Waals surface area contributed by atoms with E-state index in [1.165, 1.54) is 122 Å². The molecule has 0 aromatic carbocycles. The Kier molecular flexibility index (Phi) is 12.9. The molecular weight excluding hydrogens is 567 g/mol. The van der Waals surface area contributed by atoms with Gasteiger partial charge in [-0.25, -0.2) is 0 Å². The van der Waals surface area contributed by atoms with Gasteiger partial charge >= 0.3 is 0 Å². The molecule has 0 saturated heterocycles. The molecule has 268 valence electrons. The number of hydrogen-bond acceptors (Lipinski definition) is 1. The highest BCUT2D eigenvalue weighted by molar-refractivity contribution is 5.02. The average molecular weight is 646 g/mol. The summed E-state index contributed by atoms with van der Waals surface area (Å²) in [4.78, 5) is 3.35. The van der Waals surface area contributed by atoms with Crippen LogP contribution < -0.4 is 0 Å². The summed E-state index contributed by atoms with van der Waals surface area (Å²) >= 11 is 0. The summed E-state index contributed by atoms with van der Waals surface area (Å²) in [7, 11) is 0. The van der Waals surface area contributed by atoms with Crippen molar-refractivity contribution in [2.45, 2.75) is 218 Å². The minimum absolute atomic E-state index is 0.871. The molecule has 0 spiro atoms. The summed E-state index contributed by atoms with van der Waals surface area (Å²) in [5, 5.41) is 0. The monoisotopic (exact) mass is 646 g/mol. The van der Waals surface area contributed by atoms with Gasteiger partial charge in [0.25, 0.3) is 0 Å². The van der Waals surface area contributed by atoms with Crippen LogP contribution in [-0.2, 0) is 0 Å². The van der Waals surface area contributed by atoms with Crippen LogP contribution >= 0.6 is 0 Å². The zero-order valence-corrected chi connectivity index (χ0v) is 31.6. The summed E-state index contributed by atoms with van der Waals surface area (Å²) in [6.07, 6.45) is 49.6. The fourth-order valence-electron chi connectivity index (χ4n) is 14.0. The topological polar surface area (TPSA) is 3.24 Å². The Morgan fingerprint density at radius 2 is 0.851 bits per heavy atom. The molecule has 0 aliphatic heterocycles. The molecule has 0 heterocycles. The molecule has 7 unspecified atom stereocenters. The quantitative estimate of drug-likeness (QED) is 0.237. The maximum absolute atomic E-state index is 3.35. The predicted octanol–water partition coefficient (Wildman–Crippen LogP) is 13.6. The van der Waals surface area contributed by atoms with Crippen LogP contribution in [0.4, 0.5) is 0 Å². The zero-order chi connectivity index (χ0) is 32.0. The van der Waals surface area contributed by atoms with Crippen molar-refractivity contribution in [1.29, 1.82) is 0 Å². The Bertz CT molecular complexity index is 925. The maximum Gasteiger partial charge on any atom is 0.0104 e. The van der Waals surface area contributed by atoms with Crippen molar-refractivity contribution >= 4 is 0 Å². The molecule has 7 fully saturated rings. The van der Waals surface area contributed by atoms with Crippen molar-refractivity contribution in [2.24, 2.45) is 59.2 Å². The summed E-state index contributed by atoms with van der Waals surface area (Å²) in [6.45, 7) is 5.23. The van der Waals surface area contributed by atoms with E-state index in [1.54, 1.807) is 64.2 Å². The van der Waals surface area contributed by atoms with E-state index in [-0.39, 0.29) is 0 Å². The smallest absolute Gasteiger partial charge is 0.0104 e. The van der Waals surface area contributed by atoms with Gasteiger partial charge in [0.15, 0.2) is 0 Å². The summed E-state index contributed by atoms with van der Waals surface area (Å²) in [6, 6.07) is 2.66. The van der Waals surface area contributed by atoms with Gasteiger partial charge in [-0.3, -0.25) is 4.90 Å². The van der Waals surface area contributed by atoms with Gasteiger partial charge in [0, 0.05) is 18.1 Å². The van der Waals surface area contributed by atoms with Crippen LogP contribution in [0, 0.1) is 59.2 Å². The molecule has 0 radical (unpaired) electrons. The van der Waals surface area contributed by atoms with E-state index in [1.807, 2.05) is 0 Å². The Morgan fingerprint density at radius 1 is 0.362 bits per heavy atom. The van der Waals surface area contributed by atoms with Crippen molar-refractivity contribution in [1.82, 2.24) is 4.90 Å². The SMILES string of the molecule is CC1CCC(N(C2CCC(/C=C/C3CCCCC3)CC2)C2CCC(C3CCCCC3C)C(C3CCCCC3C3CCCCC3)C2)CC1. The number of rotatable bonds is 8. The molecule has 47 heavy (non-hydrogen) atoms. The van der Waals surface area contributed by atoms with Gasteiger partial charge in [-0.2, -0.15) is 0 Å². The first-order chi connectivity index (χ1) is 23.1. The zero-order valence-electron chi connectivity index (χ0n) is 31.6. The van der Waals surface area contributed by atoms with Gasteiger partial charge in [-0.05, 0) is 162 Å². The largest absolute Gasteiger partial charge is 0.294 e. The lowest BCUT2D eigenvalue weighted by atomic mass is 9.55. The minimum atomic E-state index is 0.871. The standard InChI is InChI=1S/C46H79N/c1-34-21-27-39(28-22-34)47(40-29-25-37(26-30-40)24-23-36-14-5-3-6-15-36)41-31-32-45(42-18-10-9-13-35(42)2)46(33-41)44-20-12-11-19-43(44)38-16-7-4-8-17-38/h23-24,34-46H,3-22,25-33H2,1-2H3/b24-23+. The first-order valence-electron chi connectivity index (χ1n) is 22.6. The van der Waals surface area contributed by atoms with Crippen molar-refractivity contribution in [2.75, 3.05) is 0 Å². The van der Waals surface area contributed by atoms with E-state index in [0.29, 0.717) is 0 Å². The third-order valence-electron chi connectivity index (χ3n) is 16.6. The van der Waals surface area contributed by atoms with E-state index in [9.17, 15) is 0 Å². The lowest BCUT2D eigenvalue weighted by Crippen LogP contribution is -2.55. The summed E-state index contributed by atoms with van der Waals surface area (Å²) < 4.78 is 0. The molecule has 0 amide bonds. The van der Waals surface area contributed by atoms with E-state index in [2.05, 4.69) is 30.9 Å². The van der Waals surface area contributed by atoms with Gasteiger partial charge in [0.05, 0.1) is 0 Å². The molecule has 0 aromatic rings. The molecule has 7 saturated carbocycles. The Hall–Kier alpha value is -0.300. The summed E-state index contributed by atoms with van der Waals surface area (Å²) in [5.41, 5.74) is 0. The maximum atomic E-state index is 3.35. The van der Waals surface area contributed by atoms with Crippen molar-refractivity contribution < 1.29 is 0 Å².